The Kier molecular flexibility index (Phi) is 6.75. The van der Waals surface area contributed by atoms with Crippen LogP contribution in [0.25, 0.3) is 0 Å². The molecule has 0 bridgehead atoms. The fourth-order valence-corrected chi connectivity index (χ4v) is 4.02. The standard InChI is InChI=1S/C19H30BrN/c1-4-11-21-19(10-9-16-7-5-6-8-16)17-12-15(3)18(20)13-14(17)2/h12-13,16,19,21H,4-11H2,1-3H3. The fraction of sp³-hybridized carbons (Fsp3) is 0.684. The van der Waals surface area contributed by atoms with Gasteiger partial charge >= 0.3 is 0 Å². The third kappa shape index (κ3) is 4.82. The zero-order valence-electron chi connectivity index (χ0n) is 13.8. The topological polar surface area (TPSA) is 12.0 Å². The monoisotopic (exact) mass is 351 g/mol. The van der Waals surface area contributed by atoms with Crippen molar-refractivity contribution in [2.75, 3.05) is 6.54 Å². The molecule has 1 aromatic rings. The van der Waals surface area contributed by atoms with E-state index in [2.05, 4.69) is 54.2 Å². The minimum absolute atomic E-state index is 0.525. The van der Waals surface area contributed by atoms with E-state index in [9.17, 15) is 0 Å². The first kappa shape index (κ1) is 17.0. The van der Waals surface area contributed by atoms with E-state index >= 15 is 0 Å². The number of hydrogen-bond donors (Lipinski definition) is 1. The van der Waals surface area contributed by atoms with Gasteiger partial charge in [-0.15, -0.1) is 0 Å². The molecule has 2 heteroatoms. The maximum atomic E-state index is 3.78. The predicted octanol–water partition coefficient (Wildman–Crippen LogP) is 6.08. The second-order valence-electron chi connectivity index (χ2n) is 6.69. The summed E-state index contributed by atoms with van der Waals surface area (Å²) in [5, 5.41) is 3.78. The molecule has 1 fully saturated rings. The van der Waals surface area contributed by atoms with Gasteiger partial charge in [0.1, 0.15) is 0 Å². The molecule has 118 valence electrons. The number of aryl methyl sites for hydroxylation is 2. The number of hydrogen-bond acceptors (Lipinski definition) is 1. The molecule has 0 radical (unpaired) electrons. The molecule has 21 heavy (non-hydrogen) atoms. The van der Waals surface area contributed by atoms with Gasteiger partial charge in [0.25, 0.3) is 0 Å². The van der Waals surface area contributed by atoms with Gasteiger partial charge in [0, 0.05) is 10.5 Å². The SMILES string of the molecule is CCCNC(CCC1CCCC1)c1cc(C)c(Br)cc1C. The maximum Gasteiger partial charge on any atom is 0.0323 e. The Bertz CT molecular complexity index is 449. The highest BCUT2D eigenvalue weighted by molar-refractivity contribution is 9.10. The molecule has 1 aromatic carbocycles. The van der Waals surface area contributed by atoms with Crippen LogP contribution in [0.4, 0.5) is 0 Å². The molecule has 1 saturated carbocycles. The highest BCUT2D eigenvalue weighted by atomic mass is 79.9. The highest BCUT2D eigenvalue weighted by Gasteiger charge is 2.19. The van der Waals surface area contributed by atoms with Crippen LogP contribution in [-0.2, 0) is 0 Å². The second kappa shape index (κ2) is 8.33. The van der Waals surface area contributed by atoms with Crippen LogP contribution in [-0.4, -0.2) is 6.54 Å². The van der Waals surface area contributed by atoms with Gasteiger partial charge in [-0.1, -0.05) is 54.6 Å². The van der Waals surface area contributed by atoms with Crippen molar-refractivity contribution in [3.05, 3.63) is 33.3 Å². The van der Waals surface area contributed by atoms with E-state index in [1.165, 1.54) is 66.1 Å². The Morgan fingerprint density at radius 1 is 1.19 bits per heavy atom. The smallest absolute Gasteiger partial charge is 0.0323 e. The van der Waals surface area contributed by atoms with Crippen molar-refractivity contribution in [1.29, 1.82) is 0 Å². The Hall–Kier alpha value is -0.340. The third-order valence-electron chi connectivity index (χ3n) is 4.90. The first-order valence-electron chi connectivity index (χ1n) is 8.61. The molecule has 2 rings (SSSR count). The molecule has 1 unspecified atom stereocenters. The van der Waals surface area contributed by atoms with Crippen LogP contribution in [0, 0.1) is 19.8 Å². The van der Waals surface area contributed by atoms with Gasteiger partial charge < -0.3 is 5.32 Å². The van der Waals surface area contributed by atoms with Crippen LogP contribution in [0.1, 0.15) is 74.6 Å². The first-order valence-corrected chi connectivity index (χ1v) is 9.41. The summed E-state index contributed by atoms with van der Waals surface area (Å²) >= 11 is 3.65. The summed E-state index contributed by atoms with van der Waals surface area (Å²) in [7, 11) is 0. The molecular formula is C19H30BrN. The van der Waals surface area contributed by atoms with Gasteiger partial charge in [0.2, 0.25) is 0 Å². The van der Waals surface area contributed by atoms with Crippen LogP contribution in [0.2, 0.25) is 0 Å². The quantitative estimate of drug-likeness (QED) is 0.627. The minimum Gasteiger partial charge on any atom is -0.310 e. The third-order valence-corrected chi connectivity index (χ3v) is 5.76. The lowest BCUT2D eigenvalue weighted by molar-refractivity contribution is 0.411. The van der Waals surface area contributed by atoms with E-state index in [4.69, 9.17) is 0 Å². The summed E-state index contributed by atoms with van der Waals surface area (Å²) in [5.41, 5.74) is 4.26. The van der Waals surface area contributed by atoms with Gasteiger partial charge in [-0.25, -0.2) is 0 Å². The molecule has 1 aliphatic rings. The van der Waals surface area contributed by atoms with E-state index in [1.54, 1.807) is 0 Å². The number of nitrogens with one attached hydrogen (secondary N) is 1. The van der Waals surface area contributed by atoms with Gasteiger partial charge in [-0.05, 0) is 68.3 Å². The van der Waals surface area contributed by atoms with Gasteiger partial charge in [0.15, 0.2) is 0 Å². The molecule has 1 atom stereocenters. The van der Waals surface area contributed by atoms with Crippen LogP contribution in [0.3, 0.4) is 0 Å². The highest BCUT2D eigenvalue weighted by Crippen LogP contribution is 2.33. The fourth-order valence-electron chi connectivity index (χ4n) is 3.57. The van der Waals surface area contributed by atoms with Crippen molar-refractivity contribution in [2.24, 2.45) is 5.92 Å². The van der Waals surface area contributed by atoms with Crippen molar-refractivity contribution in [1.82, 2.24) is 5.32 Å². The molecule has 0 aliphatic heterocycles. The van der Waals surface area contributed by atoms with Gasteiger partial charge in [-0.3, -0.25) is 0 Å². The normalized spacial score (nSPS) is 17.3. The van der Waals surface area contributed by atoms with Crippen LogP contribution in [0.15, 0.2) is 16.6 Å². The van der Waals surface area contributed by atoms with Crippen molar-refractivity contribution >= 4 is 15.9 Å². The molecule has 0 aromatic heterocycles. The summed E-state index contributed by atoms with van der Waals surface area (Å²) in [6.07, 6.45) is 9.69. The molecule has 1 N–H and O–H groups in total. The number of rotatable bonds is 7. The summed E-state index contributed by atoms with van der Waals surface area (Å²) in [4.78, 5) is 0. The van der Waals surface area contributed by atoms with E-state index in [0.717, 1.165) is 12.5 Å². The van der Waals surface area contributed by atoms with Crippen molar-refractivity contribution in [2.45, 2.75) is 71.8 Å². The molecule has 0 spiro atoms. The molecule has 1 aliphatic carbocycles. The lowest BCUT2D eigenvalue weighted by Gasteiger charge is -2.23. The summed E-state index contributed by atoms with van der Waals surface area (Å²) < 4.78 is 1.23. The molecule has 1 nitrogen and oxygen atoms in total. The zero-order valence-corrected chi connectivity index (χ0v) is 15.4. The van der Waals surface area contributed by atoms with E-state index in [-0.39, 0.29) is 0 Å². The molecule has 0 heterocycles. The Labute approximate surface area is 139 Å². The first-order chi connectivity index (χ1) is 10.1. The molecular weight excluding hydrogens is 322 g/mol. The summed E-state index contributed by atoms with van der Waals surface area (Å²) in [6.45, 7) is 7.81. The Balaban J connectivity index is 2.08. The minimum atomic E-state index is 0.525. The maximum absolute atomic E-state index is 3.78. The second-order valence-corrected chi connectivity index (χ2v) is 7.55. The van der Waals surface area contributed by atoms with E-state index in [0.29, 0.717) is 6.04 Å². The van der Waals surface area contributed by atoms with Crippen LogP contribution in [0.5, 0.6) is 0 Å². The predicted molar refractivity (Wildman–Crippen MR) is 95.8 cm³/mol. The van der Waals surface area contributed by atoms with Crippen LogP contribution < -0.4 is 5.32 Å². The number of benzene rings is 1. The Morgan fingerprint density at radius 2 is 1.90 bits per heavy atom. The van der Waals surface area contributed by atoms with Crippen molar-refractivity contribution in [3.63, 3.8) is 0 Å². The lowest BCUT2D eigenvalue weighted by atomic mass is 9.91. The van der Waals surface area contributed by atoms with Crippen LogP contribution >= 0.6 is 15.9 Å². The Morgan fingerprint density at radius 3 is 2.57 bits per heavy atom. The molecule has 0 saturated heterocycles. The van der Waals surface area contributed by atoms with Crippen molar-refractivity contribution < 1.29 is 0 Å². The largest absolute Gasteiger partial charge is 0.310 e. The van der Waals surface area contributed by atoms with Gasteiger partial charge in [0.05, 0.1) is 0 Å². The average molecular weight is 352 g/mol. The summed E-state index contributed by atoms with van der Waals surface area (Å²) in [6, 6.07) is 5.18. The lowest BCUT2D eigenvalue weighted by Crippen LogP contribution is -2.23. The van der Waals surface area contributed by atoms with Crippen molar-refractivity contribution in [3.8, 4) is 0 Å². The molecule has 0 amide bonds. The van der Waals surface area contributed by atoms with E-state index < -0.39 is 0 Å². The summed E-state index contributed by atoms with van der Waals surface area (Å²) in [5.74, 6) is 0.979. The van der Waals surface area contributed by atoms with E-state index in [1.807, 2.05) is 0 Å². The average Bonchev–Trinajstić information content (AvgIpc) is 2.97. The van der Waals surface area contributed by atoms with Gasteiger partial charge in [-0.2, -0.15) is 0 Å². The zero-order chi connectivity index (χ0) is 15.2. The number of halogens is 1.